The summed E-state index contributed by atoms with van der Waals surface area (Å²) in [7, 11) is -2.51. The second-order valence-corrected chi connectivity index (χ2v) is 8.69. The van der Waals surface area contributed by atoms with Gasteiger partial charge in [-0.05, 0) is 37.1 Å². The minimum absolute atomic E-state index is 0.0345. The summed E-state index contributed by atoms with van der Waals surface area (Å²) in [6.07, 6.45) is 5.82. The highest BCUT2D eigenvalue weighted by molar-refractivity contribution is 7.89. The number of pyridine rings is 1. The quantitative estimate of drug-likeness (QED) is 0.546. The Morgan fingerprint density at radius 3 is 2.53 bits per heavy atom. The Balaban J connectivity index is 1.94. The van der Waals surface area contributed by atoms with Gasteiger partial charge in [0.15, 0.2) is 0 Å². The summed E-state index contributed by atoms with van der Waals surface area (Å²) in [5.74, 6) is -0.551. The van der Waals surface area contributed by atoms with Crippen LogP contribution >= 0.6 is 0 Å². The third-order valence-electron chi connectivity index (χ3n) is 4.85. The highest BCUT2D eigenvalue weighted by Gasteiger charge is 2.29. The molecule has 0 radical (unpaired) electrons. The van der Waals surface area contributed by atoms with Crippen LogP contribution in [0, 0.1) is 10.1 Å². The molecule has 1 saturated heterocycles. The summed E-state index contributed by atoms with van der Waals surface area (Å²) in [5, 5.41) is 13.6. The van der Waals surface area contributed by atoms with Gasteiger partial charge < -0.3 is 10.1 Å². The van der Waals surface area contributed by atoms with Crippen LogP contribution in [0.1, 0.15) is 36.0 Å². The van der Waals surface area contributed by atoms with E-state index in [2.05, 4.69) is 10.3 Å². The van der Waals surface area contributed by atoms with Crippen molar-refractivity contribution in [1.82, 2.24) is 9.29 Å². The fourth-order valence-corrected chi connectivity index (χ4v) is 4.97. The smallest absolute Gasteiger partial charge is 0.310 e. The fraction of sp³-hybridized carbons (Fsp3) is 0.368. The zero-order valence-electron chi connectivity index (χ0n) is 16.4. The van der Waals surface area contributed by atoms with Crippen LogP contribution in [0.4, 0.5) is 11.4 Å². The molecule has 1 aliphatic rings. The third kappa shape index (κ3) is 4.57. The van der Waals surface area contributed by atoms with Gasteiger partial charge in [-0.15, -0.1) is 0 Å². The number of hydrogen-bond acceptors (Lipinski definition) is 7. The monoisotopic (exact) mass is 434 g/mol. The second kappa shape index (κ2) is 9.18. The molecule has 1 N–H and O–H groups in total. The molecule has 0 aliphatic carbocycles. The lowest BCUT2D eigenvalue weighted by Gasteiger charge is -2.21. The van der Waals surface area contributed by atoms with Crippen LogP contribution in [0.25, 0.3) is 0 Å². The lowest BCUT2D eigenvalue weighted by atomic mass is 10.2. The zero-order valence-corrected chi connectivity index (χ0v) is 17.2. The molecule has 160 valence electrons. The van der Waals surface area contributed by atoms with Crippen LogP contribution in [0.15, 0.2) is 41.6 Å². The van der Waals surface area contributed by atoms with Crippen molar-refractivity contribution in [1.29, 1.82) is 0 Å². The number of sulfonamides is 1. The van der Waals surface area contributed by atoms with Crippen LogP contribution in [0.2, 0.25) is 0 Å². The molecule has 0 saturated carbocycles. The van der Waals surface area contributed by atoms with Gasteiger partial charge in [0.25, 0.3) is 5.91 Å². The van der Waals surface area contributed by atoms with E-state index in [1.807, 2.05) is 0 Å². The fourth-order valence-electron chi connectivity index (χ4n) is 3.27. The largest absolute Gasteiger partial charge is 0.495 e. The normalized spacial score (nSPS) is 15.2. The van der Waals surface area contributed by atoms with E-state index in [9.17, 15) is 23.3 Å². The molecule has 0 unspecified atom stereocenters. The van der Waals surface area contributed by atoms with Crippen molar-refractivity contribution in [2.24, 2.45) is 0 Å². The van der Waals surface area contributed by atoms with Gasteiger partial charge in [-0.25, -0.2) is 8.42 Å². The number of hydrogen-bond donors (Lipinski definition) is 1. The van der Waals surface area contributed by atoms with Gasteiger partial charge in [-0.1, -0.05) is 12.8 Å². The van der Waals surface area contributed by atoms with Crippen molar-refractivity contribution < 1.29 is 22.9 Å². The minimum atomic E-state index is -3.87. The van der Waals surface area contributed by atoms with Gasteiger partial charge >= 0.3 is 5.69 Å². The standard InChI is InChI=1S/C19H22N4O6S/c1-29-17-7-6-14(19(24)21-15-8-9-20-13-16(15)23(25)26)12-18(17)30(27,28)22-10-4-2-3-5-11-22/h6-9,12-13H,2-5,10-11H2,1H3,(H,20,21,24). The van der Waals surface area contributed by atoms with E-state index >= 15 is 0 Å². The van der Waals surface area contributed by atoms with Gasteiger partial charge in [-0.2, -0.15) is 4.31 Å². The summed E-state index contributed by atoms with van der Waals surface area (Å²) in [5.41, 5.74) is -0.361. The van der Waals surface area contributed by atoms with Crippen molar-refractivity contribution in [2.75, 3.05) is 25.5 Å². The van der Waals surface area contributed by atoms with Crippen molar-refractivity contribution in [2.45, 2.75) is 30.6 Å². The Morgan fingerprint density at radius 2 is 1.90 bits per heavy atom. The van der Waals surface area contributed by atoms with Crippen LogP contribution in [0.3, 0.4) is 0 Å². The lowest BCUT2D eigenvalue weighted by Crippen LogP contribution is -2.32. The minimum Gasteiger partial charge on any atom is -0.495 e. The number of carbonyl (C=O) groups is 1. The first-order chi connectivity index (χ1) is 14.3. The Labute approximate surface area is 174 Å². The predicted octanol–water partition coefficient (Wildman–Crippen LogP) is 2.82. The predicted molar refractivity (Wildman–Crippen MR) is 109 cm³/mol. The molecule has 10 nitrogen and oxygen atoms in total. The lowest BCUT2D eigenvalue weighted by molar-refractivity contribution is -0.384. The van der Waals surface area contributed by atoms with E-state index in [1.165, 1.54) is 41.9 Å². The van der Waals surface area contributed by atoms with Crippen molar-refractivity contribution in [3.8, 4) is 5.75 Å². The molecule has 2 aromatic rings. The highest BCUT2D eigenvalue weighted by Crippen LogP contribution is 2.30. The third-order valence-corrected chi connectivity index (χ3v) is 6.77. The second-order valence-electron chi connectivity index (χ2n) is 6.79. The number of nitro groups is 1. The first-order valence-corrected chi connectivity index (χ1v) is 10.9. The number of amides is 1. The van der Waals surface area contributed by atoms with Crippen LogP contribution in [0.5, 0.6) is 5.75 Å². The number of rotatable bonds is 6. The number of anilines is 1. The molecule has 30 heavy (non-hydrogen) atoms. The van der Waals surface area contributed by atoms with E-state index in [1.54, 1.807) is 0 Å². The number of nitrogens with one attached hydrogen (secondary N) is 1. The van der Waals surface area contributed by atoms with Crippen LogP contribution in [-0.4, -0.2) is 48.7 Å². The maximum Gasteiger partial charge on any atom is 0.310 e. The molecule has 11 heteroatoms. The molecule has 2 heterocycles. The Hall–Kier alpha value is -3.05. The van der Waals surface area contributed by atoms with E-state index in [0.717, 1.165) is 31.9 Å². The number of nitrogens with zero attached hydrogens (tertiary/aromatic N) is 3. The maximum absolute atomic E-state index is 13.2. The van der Waals surface area contributed by atoms with Crippen LogP contribution < -0.4 is 10.1 Å². The molecule has 1 fully saturated rings. The van der Waals surface area contributed by atoms with E-state index in [4.69, 9.17) is 4.74 Å². The van der Waals surface area contributed by atoms with Gasteiger partial charge in [0.2, 0.25) is 10.0 Å². The molecule has 1 aromatic carbocycles. The number of aromatic nitrogens is 1. The van der Waals surface area contributed by atoms with Gasteiger partial charge in [-0.3, -0.25) is 19.9 Å². The first kappa shape index (κ1) is 21.7. The molecule has 1 aliphatic heterocycles. The molecule has 0 bridgehead atoms. The molecule has 0 spiro atoms. The van der Waals surface area contributed by atoms with Crippen molar-refractivity contribution >= 4 is 27.3 Å². The van der Waals surface area contributed by atoms with E-state index < -0.39 is 20.9 Å². The number of methoxy groups -OCH3 is 1. The molecule has 0 atom stereocenters. The topological polar surface area (TPSA) is 132 Å². The summed E-state index contributed by atoms with van der Waals surface area (Å²) < 4.78 is 33.1. The van der Waals surface area contributed by atoms with E-state index in [-0.39, 0.29) is 27.6 Å². The molecular formula is C19H22N4O6S. The maximum atomic E-state index is 13.2. The zero-order chi connectivity index (χ0) is 21.7. The summed E-state index contributed by atoms with van der Waals surface area (Å²) in [6, 6.07) is 5.35. The van der Waals surface area contributed by atoms with Gasteiger partial charge in [0, 0.05) is 24.8 Å². The van der Waals surface area contributed by atoms with Crippen molar-refractivity contribution in [3.63, 3.8) is 0 Å². The average Bonchev–Trinajstić information content (AvgIpc) is 3.03. The highest BCUT2D eigenvalue weighted by atomic mass is 32.2. The summed E-state index contributed by atoms with van der Waals surface area (Å²) in [6.45, 7) is 0.816. The molecule has 3 rings (SSSR count). The molecular weight excluding hydrogens is 412 g/mol. The average molecular weight is 434 g/mol. The number of ether oxygens (including phenoxy) is 1. The van der Waals surface area contributed by atoms with Crippen molar-refractivity contribution in [3.05, 3.63) is 52.3 Å². The summed E-state index contributed by atoms with van der Waals surface area (Å²) in [4.78, 5) is 26.7. The number of benzene rings is 1. The van der Waals surface area contributed by atoms with Crippen LogP contribution in [-0.2, 0) is 10.0 Å². The summed E-state index contributed by atoms with van der Waals surface area (Å²) >= 11 is 0. The van der Waals surface area contributed by atoms with Gasteiger partial charge in [0.05, 0.1) is 12.0 Å². The SMILES string of the molecule is COc1ccc(C(=O)Nc2ccncc2[N+](=O)[O-])cc1S(=O)(=O)N1CCCCCC1. The molecule has 1 aromatic heterocycles. The Kier molecular flexibility index (Phi) is 6.63. The van der Waals surface area contributed by atoms with E-state index in [0.29, 0.717) is 13.1 Å². The first-order valence-electron chi connectivity index (χ1n) is 9.42. The Bertz CT molecular complexity index is 1050. The Morgan fingerprint density at radius 1 is 1.20 bits per heavy atom. The molecule has 1 amide bonds. The number of carbonyl (C=O) groups excluding carboxylic acids is 1. The van der Waals surface area contributed by atoms with Gasteiger partial charge in [0.1, 0.15) is 22.5 Å².